The Hall–Kier alpha value is -10.5. The number of pyridine rings is 5. The van der Waals surface area contributed by atoms with E-state index in [1.54, 1.807) is 0 Å². The van der Waals surface area contributed by atoms with Crippen molar-refractivity contribution in [2.45, 2.75) is 62.3 Å². The molecule has 0 aliphatic rings. The predicted octanol–water partition coefficient (Wildman–Crippen LogP) is 18.8. The maximum absolute atomic E-state index is 2.31. The first-order valence-corrected chi connectivity index (χ1v) is 31.9. The molecule has 456 valence electrons. The van der Waals surface area contributed by atoms with E-state index in [4.69, 9.17) is 0 Å². The van der Waals surface area contributed by atoms with Gasteiger partial charge < -0.3 is 0 Å². The van der Waals surface area contributed by atoms with Gasteiger partial charge in [0.25, 0.3) is 0 Å². The molecule has 0 fully saturated rings. The van der Waals surface area contributed by atoms with Gasteiger partial charge in [-0.1, -0.05) is 157 Å². The van der Waals surface area contributed by atoms with Crippen molar-refractivity contribution in [1.29, 1.82) is 0 Å². The molecule has 5 nitrogen and oxygen atoms in total. The number of benzene rings is 9. The summed E-state index contributed by atoms with van der Waals surface area (Å²) in [5.74, 6) is 0. The zero-order chi connectivity index (χ0) is 65.0. The van der Waals surface area contributed by atoms with E-state index in [1.165, 1.54) is 150 Å². The number of nitrogens with zero attached hydrogens (tertiary/aromatic N) is 5. The number of aryl methyl sites for hydroxylation is 13. The molecule has 0 saturated heterocycles. The zero-order valence-electron chi connectivity index (χ0n) is 56.3. The number of aromatic nitrogens is 5. The molecule has 5 heteroatoms. The van der Waals surface area contributed by atoms with Crippen LogP contribution in [0.4, 0.5) is 0 Å². The summed E-state index contributed by atoms with van der Waals surface area (Å²) in [6, 6.07) is 92.3. The fraction of sp³-hybridized carbons (Fsp3) is 0.161. The van der Waals surface area contributed by atoms with Gasteiger partial charge in [0.2, 0.25) is 39.5 Å². The number of hydrogen-bond donors (Lipinski definition) is 0. The average Bonchev–Trinajstić information content (AvgIpc) is 0.822. The van der Waals surface area contributed by atoms with Crippen LogP contribution in [0.15, 0.2) is 279 Å². The van der Waals surface area contributed by atoms with E-state index in [0.717, 1.165) is 0 Å². The summed E-state index contributed by atoms with van der Waals surface area (Å²) >= 11 is 0. The van der Waals surface area contributed by atoms with Gasteiger partial charge in [-0.15, -0.1) is 0 Å². The lowest BCUT2D eigenvalue weighted by Gasteiger charge is -2.11. The van der Waals surface area contributed by atoms with E-state index < -0.39 is 0 Å². The Labute approximate surface area is 546 Å². The molecule has 0 atom stereocenters. The van der Waals surface area contributed by atoms with Gasteiger partial charge in [0.15, 0.2) is 18.6 Å². The molecule has 0 spiro atoms. The smallest absolute Gasteiger partial charge is 0.201 e. The Morgan fingerprint density at radius 2 is 0.739 bits per heavy atom. The van der Waals surface area contributed by atoms with Gasteiger partial charge in [0.05, 0.1) is 0 Å². The number of fused-ring (bicyclic) bond motifs is 3. The lowest BCUT2D eigenvalue weighted by atomic mass is 9.96. The van der Waals surface area contributed by atoms with Crippen LogP contribution >= 0.6 is 0 Å². The molecule has 14 rings (SSSR count). The van der Waals surface area contributed by atoms with Crippen LogP contribution in [-0.2, 0) is 35.2 Å². The van der Waals surface area contributed by atoms with Crippen LogP contribution in [-0.4, -0.2) is 0 Å². The highest BCUT2D eigenvalue weighted by molar-refractivity contribution is 5.85. The third kappa shape index (κ3) is 14.9. The second-order valence-electron chi connectivity index (χ2n) is 24.5. The fourth-order valence-electron chi connectivity index (χ4n) is 12.4. The standard InChI is InChI=1S/C20H22N.C19H18N.C18H18N.C17H16N.C13H14N/c1-13-10-14(2)16(4)18(11-13)20-12-15(3)17-8-6-7-9-19(17)21(20)5;1-15-8-6-7-11-18(15)19-13-12-17(14-20(19)2)16-9-4-3-5-10-16;1-13-8-9-14(2)16(12-13)18-11-10-15-6-4-5-7-17(15)19(18)3;1-13-7-3-6-10-16(13)17-11-14-8-4-5-9-15(14)12-18(17)2;1-11-7-3-4-8-12(11)13-9-5-6-10-14(13)2/h6-12H,1-5H3;3-14H,1-2H3;4-12H,1-3H3;3-12H,1-2H3;3-10H,1-2H3/q5*+1. The molecule has 0 bridgehead atoms. The number of para-hydroxylation sites is 2. The van der Waals surface area contributed by atoms with Crippen LogP contribution in [0.2, 0.25) is 0 Å². The summed E-state index contributed by atoms with van der Waals surface area (Å²) < 4.78 is 11.1. The predicted molar refractivity (Wildman–Crippen MR) is 386 cm³/mol. The normalized spacial score (nSPS) is 10.7. The molecule has 5 heterocycles. The van der Waals surface area contributed by atoms with Gasteiger partial charge in [-0.05, 0) is 179 Å². The summed E-state index contributed by atoms with van der Waals surface area (Å²) in [4.78, 5) is 0. The summed E-state index contributed by atoms with van der Waals surface area (Å²) in [7, 11) is 10.6. The highest BCUT2D eigenvalue weighted by atomic mass is 14.9. The molecule has 0 aliphatic carbocycles. The molecule has 9 aromatic carbocycles. The van der Waals surface area contributed by atoms with E-state index in [1.807, 2.05) is 12.1 Å². The van der Waals surface area contributed by atoms with Gasteiger partial charge >= 0.3 is 0 Å². The maximum Gasteiger partial charge on any atom is 0.213 e. The number of hydrogen-bond acceptors (Lipinski definition) is 0. The van der Waals surface area contributed by atoms with Gasteiger partial charge in [-0.25, -0.2) is 13.7 Å². The van der Waals surface area contributed by atoms with Crippen molar-refractivity contribution in [1.82, 2.24) is 0 Å². The highest BCUT2D eigenvalue weighted by Crippen LogP contribution is 2.30. The SMILES string of the molecule is Cc1cc(C)c(C)c(-c2cc(C)c3ccccc3[n+]2C)c1.Cc1ccc(C)c(-c2ccc3ccccc3[n+]2C)c1.Cc1ccccc1-c1cc2ccccc2c[n+]1C.Cc1ccccc1-c1ccc(-c2ccccc2)c[n+]1C.Cc1ccccc1-c1cccc[n+]1C. The third-order valence-electron chi connectivity index (χ3n) is 17.8. The van der Waals surface area contributed by atoms with Crippen LogP contribution in [0.25, 0.3) is 100.0 Å². The topological polar surface area (TPSA) is 19.4 Å². The third-order valence-corrected chi connectivity index (χ3v) is 17.8. The lowest BCUT2D eigenvalue weighted by Crippen LogP contribution is -2.32. The van der Waals surface area contributed by atoms with Crippen LogP contribution in [0.1, 0.15) is 50.1 Å². The number of rotatable bonds is 6. The van der Waals surface area contributed by atoms with E-state index in [9.17, 15) is 0 Å². The van der Waals surface area contributed by atoms with Crippen LogP contribution < -0.4 is 22.8 Å². The molecule has 14 aromatic rings. The Balaban J connectivity index is 0.000000127. The van der Waals surface area contributed by atoms with Gasteiger partial charge in [-0.3, -0.25) is 0 Å². The molecular weight excluding hydrogens is 1110 g/mol. The summed E-state index contributed by atoms with van der Waals surface area (Å²) in [5, 5.41) is 5.16. The lowest BCUT2D eigenvalue weighted by molar-refractivity contribution is -0.660. The average molecular weight is 1200 g/mol. The van der Waals surface area contributed by atoms with Gasteiger partial charge in [0.1, 0.15) is 35.2 Å². The zero-order valence-corrected chi connectivity index (χ0v) is 56.3. The quantitative estimate of drug-likeness (QED) is 0.148. The molecule has 0 amide bonds. The first kappa shape index (κ1) is 64.5. The minimum absolute atomic E-state index is 1.24. The highest BCUT2D eigenvalue weighted by Gasteiger charge is 2.21. The van der Waals surface area contributed by atoms with Crippen molar-refractivity contribution in [3.63, 3.8) is 0 Å². The molecule has 92 heavy (non-hydrogen) atoms. The van der Waals surface area contributed by atoms with E-state index >= 15 is 0 Å². The Morgan fingerprint density at radius 1 is 0.239 bits per heavy atom. The summed E-state index contributed by atoms with van der Waals surface area (Å²) in [6.45, 7) is 19.5. The molecule has 0 saturated carbocycles. The van der Waals surface area contributed by atoms with Crippen molar-refractivity contribution in [3.8, 4) is 67.4 Å². The monoisotopic (exact) mass is 1200 g/mol. The van der Waals surface area contributed by atoms with Crippen molar-refractivity contribution < 1.29 is 22.8 Å². The Kier molecular flexibility index (Phi) is 20.6. The largest absolute Gasteiger partial charge is 0.213 e. The fourth-order valence-corrected chi connectivity index (χ4v) is 12.4. The van der Waals surface area contributed by atoms with Gasteiger partial charge in [0, 0.05) is 98.1 Å². The van der Waals surface area contributed by atoms with E-state index in [0.29, 0.717) is 0 Å². The van der Waals surface area contributed by atoms with Crippen molar-refractivity contribution in [2.75, 3.05) is 0 Å². The second kappa shape index (κ2) is 29.4. The molecular formula is C87H88N5+5. The van der Waals surface area contributed by atoms with Crippen molar-refractivity contribution in [2.24, 2.45) is 35.2 Å². The maximum atomic E-state index is 2.31. The molecule has 0 aliphatic heterocycles. The Bertz CT molecular complexity index is 4880. The minimum atomic E-state index is 1.24. The molecule has 5 aromatic heterocycles. The van der Waals surface area contributed by atoms with E-state index in [2.05, 4.69) is 388 Å². The molecule has 0 radical (unpaired) electrons. The van der Waals surface area contributed by atoms with Crippen molar-refractivity contribution >= 4 is 32.6 Å². The van der Waals surface area contributed by atoms with Crippen LogP contribution in [0.5, 0.6) is 0 Å². The van der Waals surface area contributed by atoms with Crippen LogP contribution in [0, 0.1) is 62.3 Å². The minimum Gasteiger partial charge on any atom is -0.201 e. The van der Waals surface area contributed by atoms with E-state index in [-0.39, 0.29) is 0 Å². The molecule has 0 unspecified atom stereocenters. The summed E-state index contributed by atoms with van der Waals surface area (Å²) in [5.41, 5.74) is 29.8. The first-order valence-electron chi connectivity index (χ1n) is 31.9. The van der Waals surface area contributed by atoms with Gasteiger partial charge in [-0.2, -0.15) is 9.13 Å². The first-order chi connectivity index (χ1) is 44.4. The molecule has 0 N–H and O–H groups in total. The summed E-state index contributed by atoms with van der Waals surface area (Å²) in [6.07, 6.45) is 6.45. The Morgan fingerprint density at radius 3 is 1.38 bits per heavy atom. The van der Waals surface area contributed by atoms with Crippen LogP contribution in [0.3, 0.4) is 0 Å². The van der Waals surface area contributed by atoms with Crippen molar-refractivity contribution in [3.05, 3.63) is 330 Å². The second-order valence-corrected chi connectivity index (χ2v) is 24.5.